The molecule has 0 aromatic carbocycles. The van der Waals surface area contributed by atoms with Crippen molar-refractivity contribution in [2.45, 2.75) is 45.0 Å². The second-order valence-electron chi connectivity index (χ2n) is 6.12. The van der Waals surface area contributed by atoms with Crippen molar-refractivity contribution in [3.8, 4) is 0 Å². The summed E-state index contributed by atoms with van der Waals surface area (Å²) < 4.78 is 4.21. The Balaban J connectivity index is 1.93. The van der Waals surface area contributed by atoms with Crippen LogP contribution < -0.4 is 0 Å². The van der Waals surface area contributed by atoms with Gasteiger partial charge in [0, 0.05) is 19.6 Å². The number of hydrogen-bond acceptors (Lipinski definition) is 3. The van der Waals surface area contributed by atoms with Gasteiger partial charge >= 0.3 is 0 Å². The molecule has 0 aliphatic carbocycles. The van der Waals surface area contributed by atoms with Gasteiger partial charge in [0.25, 0.3) is 0 Å². The highest BCUT2D eigenvalue weighted by molar-refractivity contribution is 6.16. The number of likely N-dealkylation sites (tertiary alicyclic amines) is 1. The van der Waals surface area contributed by atoms with Crippen LogP contribution in [0.5, 0.6) is 0 Å². The van der Waals surface area contributed by atoms with E-state index in [1.54, 1.807) is 0 Å². The summed E-state index contributed by atoms with van der Waals surface area (Å²) in [5, 5.41) is 4.49. The Morgan fingerprint density at radius 2 is 1.95 bits per heavy atom. The van der Waals surface area contributed by atoms with Crippen molar-refractivity contribution in [1.82, 2.24) is 24.2 Å². The Bertz CT molecular complexity index is 624. The largest absolute Gasteiger partial charge is 0.308 e. The van der Waals surface area contributed by atoms with Gasteiger partial charge in [0.05, 0.1) is 11.6 Å². The molecule has 0 N–H and O–H groups in total. The molecule has 0 amide bonds. The Hall–Kier alpha value is -1.07. The van der Waals surface area contributed by atoms with Crippen LogP contribution in [0.2, 0.25) is 0 Å². The van der Waals surface area contributed by atoms with Gasteiger partial charge in [-0.2, -0.15) is 5.10 Å². The Morgan fingerprint density at radius 3 is 2.62 bits per heavy atom. The average molecular weight is 310 g/mol. The molecule has 116 valence electrons. The van der Waals surface area contributed by atoms with Gasteiger partial charge in [-0.25, -0.2) is 4.98 Å². The number of imidazole rings is 1. The first kappa shape index (κ1) is 14.9. The number of halogens is 1. The normalized spacial score (nSPS) is 18.5. The van der Waals surface area contributed by atoms with Gasteiger partial charge in [0.1, 0.15) is 11.3 Å². The predicted molar refractivity (Wildman–Crippen MR) is 85.8 cm³/mol. The fourth-order valence-corrected chi connectivity index (χ4v) is 3.68. The minimum absolute atomic E-state index is 0.358. The second-order valence-corrected chi connectivity index (χ2v) is 6.39. The van der Waals surface area contributed by atoms with Gasteiger partial charge in [-0.3, -0.25) is 4.68 Å². The fraction of sp³-hybridized carbons (Fsp3) is 0.733. The van der Waals surface area contributed by atoms with Crippen LogP contribution in [0.1, 0.15) is 43.7 Å². The maximum absolute atomic E-state index is 6.13. The Labute approximate surface area is 130 Å². The van der Waals surface area contributed by atoms with Crippen molar-refractivity contribution >= 4 is 22.8 Å². The van der Waals surface area contributed by atoms with E-state index in [2.05, 4.69) is 21.5 Å². The maximum atomic E-state index is 6.13. The average Bonchev–Trinajstić information content (AvgIpc) is 2.99. The van der Waals surface area contributed by atoms with Crippen LogP contribution >= 0.6 is 11.6 Å². The molecule has 3 rings (SSSR count). The molecule has 6 heteroatoms. The van der Waals surface area contributed by atoms with Gasteiger partial charge in [0.15, 0.2) is 5.65 Å². The fourth-order valence-electron chi connectivity index (χ4n) is 3.50. The lowest BCUT2D eigenvalue weighted by atomic mass is 10.1. The number of nitrogens with zero attached hydrogens (tertiary/aromatic N) is 5. The van der Waals surface area contributed by atoms with E-state index in [1.165, 1.54) is 32.4 Å². The van der Waals surface area contributed by atoms with Gasteiger partial charge in [-0.15, -0.1) is 11.6 Å². The van der Waals surface area contributed by atoms with Crippen molar-refractivity contribution in [3.63, 3.8) is 0 Å². The van der Waals surface area contributed by atoms with Crippen molar-refractivity contribution in [2.24, 2.45) is 7.05 Å². The van der Waals surface area contributed by atoms with Crippen LogP contribution in [-0.2, 0) is 12.9 Å². The highest BCUT2D eigenvalue weighted by Crippen LogP contribution is 2.25. The zero-order chi connectivity index (χ0) is 15.0. The summed E-state index contributed by atoms with van der Waals surface area (Å²) in [6, 6.07) is 0.358. The molecule has 0 bridgehead atoms. The lowest BCUT2D eigenvalue weighted by Gasteiger charge is -2.30. The summed E-state index contributed by atoms with van der Waals surface area (Å²) in [7, 11) is 1.99. The minimum atomic E-state index is 0.358. The lowest BCUT2D eigenvalue weighted by Crippen LogP contribution is -2.34. The highest BCUT2D eigenvalue weighted by Gasteiger charge is 2.22. The number of fused-ring (bicyclic) bond motifs is 1. The van der Waals surface area contributed by atoms with E-state index in [4.69, 9.17) is 16.6 Å². The zero-order valence-corrected chi connectivity index (χ0v) is 13.9. The third-order valence-electron chi connectivity index (χ3n) is 4.44. The predicted octanol–water partition coefficient (Wildman–Crippen LogP) is 2.86. The molecular formula is C15H24ClN5. The summed E-state index contributed by atoms with van der Waals surface area (Å²) >= 11 is 6.13. The van der Waals surface area contributed by atoms with Crippen LogP contribution in [0, 0.1) is 6.92 Å². The molecule has 0 saturated carbocycles. The number of alkyl halides is 1. The molecule has 1 atom stereocenters. The van der Waals surface area contributed by atoms with Gasteiger partial charge in [0.2, 0.25) is 0 Å². The smallest absolute Gasteiger partial charge is 0.158 e. The molecule has 0 radical (unpaired) electrons. The molecule has 0 spiro atoms. The molecule has 21 heavy (non-hydrogen) atoms. The van der Waals surface area contributed by atoms with E-state index < -0.39 is 0 Å². The second kappa shape index (κ2) is 5.97. The summed E-state index contributed by atoms with van der Waals surface area (Å²) in [5.41, 5.74) is 3.05. The highest BCUT2D eigenvalue weighted by atomic mass is 35.5. The number of rotatable bonds is 4. The molecule has 2 aromatic heterocycles. The molecule has 1 fully saturated rings. The lowest BCUT2D eigenvalue weighted by molar-refractivity contribution is 0.202. The SMILES string of the molecule is Cc1nn(C)c2c1nc(CCl)n2C(C)CN1CCCCC1. The van der Waals surface area contributed by atoms with E-state index in [0.717, 1.165) is 29.2 Å². The van der Waals surface area contributed by atoms with Gasteiger partial charge in [-0.05, 0) is 39.8 Å². The molecule has 1 saturated heterocycles. The van der Waals surface area contributed by atoms with E-state index in [-0.39, 0.29) is 0 Å². The maximum Gasteiger partial charge on any atom is 0.158 e. The topological polar surface area (TPSA) is 38.9 Å². The molecule has 1 aliphatic rings. The number of aromatic nitrogens is 4. The Kier molecular flexibility index (Phi) is 4.22. The molecular weight excluding hydrogens is 286 g/mol. The minimum Gasteiger partial charge on any atom is -0.308 e. The summed E-state index contributed by atoms with van der Waals surface area (Å²) in [5.74, 6) is 1.39. The van der Waals surface area contributed by atoms with Crippen LogP contribution in [-0.4, -0.2) is 43.9 Å². The molecule has 1 unspecified atom stereocenters. The summed E-state index contributed by atoms with van der Waals surface area (Å²) in [6.45, 7) is 7.74. The van der Waals surface area contributed by atoms with E-state index in [0.29, 0.717) is 11.9 Å². The van der Waals surface area contributed by atoms with E-state index >= 15 is 0 Å². The first-order valence-corrected chi connectivity index (χ1v) is 8.34. The first-order chi connectivity index (χ1) is 10.1. The monoisotopic (exact) mass is 309 g/mol. The molecule has 2 aromatic rings. The van der Waals surface area contributed by atoms with E-state index in [9.17, 15) is 0 Å². The summed E-state index contributed by atoms with van der Waals surface area (Å²) in [6.07, 6.45) is 4.01. The van der Waals surface area contributed by atoms with E-state index in [1.807, 2.05) is 18.7 Å². The zero-order valence-electron chi connectivity index (χ0n) is 13.1. The molecule has 1 aliphatic heterocycles. The Morgan fingerprint density at radius 1 is 1.24 bits per heavy atom. The van der Waals surface area contributed by atoms with Crippen molar-refractivity contribution in [2.75, 3.05) is 19.6 Å². The van der Waals surface area contributed by atoms with Crippen LogP contribution in [0.15, 0.2) is 0 Å². The molecule has 5 nitrogen and oxygen atoms in total. The van der Waals surface area contributed by atoms with Crippen molar-refractivity contribution in [3.05, 3.63) is 11.5 Å². The number of piperidine rings is 1. The van der Waals surface area contributed by atoms with Gasteiger partial charge < -0.3 is 9.47 Å². The first-order valence-electron chi connectivity index (χ1n) is 7.80. The van der Waals surface area contributed by atoms with Crippen molar-refractivity contribution < 1.29 is 0 Å². The van der Waals surface area contributed by atoms with Crippen molar-refractivity contribution in [1.29, 1.82) is 0 Å². The third kappa shape index (κ3) is 2.69. The van der Waals surface area contributed by atoms with Crippen LogP contribution in [0.3, 0.4) is 0 Å². The number of aryl methyl sites for hydroxylation is 2. The number of hydrogen-bond donors (Lipinski definition) is 0. The third-order valence-corrected chi connectivity index (χ3v) is 4.68. The standard InChI is InChI=1S/C15H24ClN5/c1-11(10-20-7-5-4-6-8-20)21-13(9-16)17-14-12(2)18-19(3)15(14)21/h11H,4-10H2,1-3H3. The van der Waals surface area contributed by atoms with Crippen LogP contribution in [0.25, 0.3) is 11.2 Å². The summed E-state index contributed by atoms with van der Waals surface area (Å²) in [4.78, 5) is 7.25. The molecule has 3 heterocycles. The van der Waals surface area contributed by atoms with Gasteiger partial charge in [-0.1, -0.05) is 6.42 Å². The van der Waals surface area contributed by atoms with Crippen LogP contribution in [0.4, 0.5) is 0 Å². The quantitative estimate of drug-likeness (QED) is 0.815.